The molecule has 0 unspecified atom stereocenters. The number of hydrogen-bond donors (Lipinski definition) is 3. The molecule has 25 heavy (non-hydrogen) atoms. The predicted octanol–water partition coefficient (Wildman–Crippen LogP) is 3.03. The lowest BCUT2D eigenvalue weighted by atomic mass is 9.75. The Balaban J connectivity index is 1.94. The molecule has 1 amide bonds. The molecule has 0 spiro atoms. The zero-order chi connectivity index (χ0) is 18.4. The molecular formula is C21H34N2O2. The molecular weight excluding hydrogens is 312 g/mol. The van der Waals surface area contributed by atoms with Gasteiger partial charge in [0.05, 0.1) is 6.10 Å². The number of rotatable bonds is 6. The molecule has 2 rings (SSSR count). The van der Waals surface area contributed by atoms with Crippen molar-refractivity contribution in [2.75, 3.05) is 0 Å². The van der Waals surface area contributed by atoms with Gasteiger partial charge < -0.3 is 16.2 Å². The molecule has 1 aliphatic carbocycles. The fourth-order valence-electron chi connectivity index (χ4n) is 3.80. The van der Waals surface area contributed by atoms with Gasteiger partial charge in [-0.3, -0.25) is 4.79 Å². The van der Waals surface area contributed by atoms with E-state index in [1.807, 2.05) is 51.1 Å². The van der Waals surface area contributed by atoms with Gasteiger partial charge in [0.2, 0.25) is 5.91 Å². The maximum atomic E-state index is 12.6. The summed E-state index contributed by atoms with van der Waals surface area (Å²) in [6, 6.07) is 9.73. The summed E-state index contributed by atoms with van der Waals surface area (Å²) in [5, 5.41) is 13.7. The van der Waals surface area contributed by atoms with Gasteiger partial charge in [-0.1, -0.05) is 43.2 Å². The van der Waals surface area contributed by atoms with Crippen LogP contribution in [0.4, 0.5) is 0 Å². The third-order valence-electron chi connectivity index (χ3n) is 5.10. The minimum atomic E-state index is -0.576. The maximum Gasteiger partial charge on any atom is 0.223 e. The lowest BCUT2D eigenvalue weighted by molar-refractivity contribution is -0.129. The van der Waals surface area contributed by atoms with Crippen LogP contribution >= 0.6 is 0 Å². The van der Waals surface area contributed by atoms with Crippen molar-refractivity contribution in [3.05, 3.63) is 35.9 Å². The topological polar surface area (TPSA) is 75.3 Å². The number of nitrogens with two attached hydrogens (primary N) is 1. The summed E-state index contributed by atoms with van der Waals surface area (Å²) in [6.45, 7) is 6.02. The van der Waals surface area contributed by atoms with Crippen LogP contribution in [-0.4, -0.2) is 28.7 Å². The lowest BCUT2D eigenvalue weighted by Crippen LogP contribution is -2.47. The van der Waals surface area contributed by atoms with Crippen molar-refractivity contribution in [1.29, 1.82) is 0 Å². The van der Waals surface area contributed by atoms with E-state index in [2.05, 4.69) is 5.32 Å². The third kappa shape index (κ3) is 6.44. The first-order valence-corrected chi connectivity index (χ1v) is 9.56. The first-order valence-electron chi connectivity index (χ1n) is 9.56. The normalized spacial score (nSPS) is 23.7. The van der Waals surface area contributed by atoms with E-state index in [0.717, 1.165) is 31.2 Å². The Bertz CT molecular complexity index is 539. The highest BCUT2D eigenvalue weighted by Crippen LogP contribution is 2.34. The number of amides is 1. The van der Waals surface area contributed by atoms with E-state index in [4.69, 9.17) is 5.73 Å². The van der Waals surface area contributed by atoms with Crippen molar-refractivity contribution in [3.63, 3.8) is 0 Å². The number of carbonyl (C=O) groups is 1. The number of aliphatic hydroxyl groups excluding tert-OH is 1. The van der Waals surface area contributed by atoms with E-state index >= 15 is 0 Å². The maximum absolute atomic E-state index is 12.6. The molecule has 4 N–H and O–H groups in total. The minimum Gasteiger partial charge on any atom is -0.391 e. The van der Waals surface area contributed by atoms with Gasteiger partial charge in [-0.2, -0.15) is 0 Å². The van der Waals surface area contributed by atoms with Crippen molar-refractivity contribution in [2.45, 2.75) is 77.0 Å². The molecule has 0 aromatic heterocycles. The van der Waals surface area contributed by atoms with Crippen LogP contribution in [0.3, 0.4) is 0 Å². The summed E-state index contributed by atoms with van der Waals surface area (Å²) >= 11 is 0. The number of nitrogens with one attached hydrogen (secondary N) is 1. The molecule has 0 bridgehead atoms. The largest absolute Gasteiger partial charge is 0.391 e. The third-order valence-corrected chi connectivity index (χ3v) is 5.10. The van der Waals surface area contributed by atoms with Gasteiger partial charge in [0.25, 0.3) is 0 Å². The SMILES string of the molecule is CC(C)(C)NC(=O)[C@@H]1CCCC[C@@H]1C[C@@H](O)[C@@H](N)Cc1ccccc1. The zero-order valence-electron chi connectivity index (χ0n) is 15.9. The first-order chi connectivity index (χ1) is 11.8. The van der Waals surface area contributed by atoms with Gasteiger partial charge in [-0.15, -0.1) is 0 Å². The minimum absolute atomic E-state index is 0.00782. The Labute approximate surface area is 152 Å². The molecule has 1 aromatic rings. The van der Waals surface area contributed by atoms with E-state index in [1.165, 1.54) is 0 Å². The van der Waals surface area contributed by atoms with Gasteiger partial charge in [-0.05, 0) is 57.9 Å². The molecule has 4 heteroatoms. The van der Waals surface area contributed by atoms with Crippen molar-refractivity contribution in [3.8, 4) is 0 Å². The fourth-order valence-corrected chi connectivity index (χ4v) is 3.80. The highest BCUT2D eigenvalue weighted by Gasteiger charge is 2.34. The monoisotopic (exact) mass is 346 g/mol. The van der Waals surface area contributed by atoms with Crippen molar-refractivity contribution >= 4 is 5.91 Å². The lowest BCUT2D eigenvalue weighted by Gasteiger charge is -2.35. The molecule has 1 aliphatic rings. The van der Waals surface area contributed by atoms with Crippen LogP contribution < -0.4 is 11.1 Å². The van der Waals surface area contributed by atoms with Crippen LogP contribution in [0.5, 0.6) is 0 Å². The van der Waals surface area contributed by atoms with Crippen LogP contribution in [0.1, 0.15) is 58.4 Å². The summed E-state index contributed by atoms with van der Waals surface area (Å²) in [5.41, 5.74) is 7.16. The predicted molar refractivity (Wildman–Crippen MR) is 102 cm³/mol. The summed E-state index contributed by atoms with van der Waals surface area (Å²) in [4.78, 5) is 12.6. The van der Waals surface area contributed by atoms with E-state index < -0.39 is 6.10 Å². The van der Waals surface area contributed by atoms with Crippen LogP contribution in [0.25, 0.3) is 0 Å². The van der Waals surface area contributed by atoms with Gasteiger partial charge in [-0.25, -0.2) is 0 Å². The average molecular weight is 347 g/mol. The number of benzene rings is 1. The van der Waals surface area contributed by atoms with E-state index in [-0.39, 0.29) is 29.3 Å². The van der Waals surface area contributed by atoms with Crippen molar-refractivity contribution < 1.29 is 9.90 Å². The highest BCUT2D eigenvalue weighted by atomic mass is 16.3. The van der Waals surface area contributed by atoms with Gasteiger partial charge in [0.1, 0.15) is 0 Å². The van der Waals surface area contributed by atoms with Gasteiger partial charge in [0.15, 0.2) is 0 Å². The van der Waals surface area contributed by atoms with Gasteiger partial charge >= 0.3 is 0 Å². The summed E-state index contributed by atoms with van der Waals surface area (Å²) in [5.74, 6) is 0.334. The van der Waals surface area contributed by atoms with E-state index in [9.17, 15) is 9.90 Å². The molecule has 4 atom stereocenters. The number of hydrogen-bond acceptors (Lipinski definition) is 3. The Morgan fingerprint density at radius 2 is 1.88 bits per heavy atom. The summed E-state index contributed by atoms with van der Waals surface area (Å²) in [6.07, 6.45) is 4.82. The Morgan fingerprint density at radius 3 is 2.52 bits per heavy atom. The molecule has 1 aromatic carbocycles. The molecule has 0 heterocycles. The second-order valence-corrected chi connectivity index (χ2v) is 8.55. The quantitative estimate of drug-likeness (QED) is 0.741. The molecule has 0 radical (unpaired) electrons. The molecule has 1 saturated carbocycles. The molecule has 4 nitrogen and oxygen atoms in total. The van der Waals surface area contributed by atoms with Gasteiger partial charge in [0, 0.05) is 17.5 Å². The summed E-state index contributed by atoms with van der Waals surface area (Å²) < 4.78 is 0. The van der Waals surface area contributed by atoms with E-state index in [0.29, 0.717) is 12.8 Å². The smallest absolute Gasteiger partial charge is 0.223 e. The standard InChI is InChI=1S/C21H34N2O2/c1-21(2,3)23-20(25)17-12-8-7-11-16(17)14-19(24)18(22)13-15-9-5-4-6-10-15/h4-6,9-10,16-19,24H,7-8,11-14,22H2,1-3H3,(H,23,25)/t16-,17-,18+,19-/m1/s1. The zero-order valence-corrected chi connectivity index (χ0v) is 15.9. The molecule has 140 valence electrons. The molecule has 0 saturated heterocycles. The Kier molecular flexibility index (Phi) is 7.03. The molecule has 0 aliphatic heterocycles. The Hall–Kier alpha value is -1.39. The average Bonchev–Trinajstić information content (AvgIpc) is 2.54. The van der Waals surface area contributed by atoms with Crippen LogP contribution in [0.15, 0.2) is 30.3 Å². The first kappa shape index (κ1) is 19.9. The Morgan fingerprint density at radius 1 is 1.24 bits per heavy atom. The van der Waals surface area contributed by atoms with Crippen LogP contribution in [0.2, 0.25) is 0 Å². The van der Waals surface area contributed by atoms with E-state index in [1.54, 1.807) is 0 Å². The number of carbonyl (C=O) groups excluding carboxylic acids is 1. The molecule has 1 fully saturated rings. The van der Waals surface area contributed by atoms with Crippen LogP contribution in [0, 0.1) is 11.8 Å². The number of aliphatic hydroxyl groups is 1. The second-order valence-electron chi connectivity index (χ2n) is 8.55. The van der Waals surface area contributed by atoms with Crippen molar-refractivity contribution in [1.82, 2.24) is 5.32 Å². The summed E-state index contributed by atoms with van der Waals surface area (Å²) in [7, 11) is 0. The fraction of sp³-hybridized carbons (Fsp3) is 0.667. The second kappa shape index (κ2) is 8.81. The highest BCUT2D eigenvalue weighted by molar-refractivity contribution is 5.79. The van der Waals surface area contributed by atoms with Crippen LogP contribution in [-0.2, 0) is 11.2 Å². The van der Waals surface area contributed by atoms with Crippen molar-refractivity contribution in [2.24, 2.45) is 17.6 Å².